The number of carbonyl (C=O) groups is 1. The van der Waals surface area contributed by atoms with E-state index in [0.717, 1.165) is 10.2 Å². The minimum atomic E-state index is -0.894. The van der Waals surface area contributed by atoms with E-state index in [4.69, 9.17) is 10.8 Å². The first-order valence-electron chi connectivity index (χ1n) is 2.17. The Balaban J connectivity index is 3.34. The molecule has 0 rings (SSSR count). The monoisotopic (exact) mass is 119 g/mol. The van der Waals surface area contributed by atoms with Gasteiger partial charge in [0.05, 0.1) is 6.04 Å². The van der Waals surface area contributed by atoms with Crippen molar-refractivity contribution in [3.05, 3.63) is 0 Å². The molecule has 0 amide bonds. The van der Waals surface area contributed by atoms with Crippen LogP contribution < -0.4 is 5.73 Å². The number of aliphatic carboxylic acids is 1. The van der Waals surface area contributed by atoms with Crippen molar-refractivity contribution in [2.24, 2.45) is 5.73 Å². The number of carboxylic acids is 1. The van der Waals surface area contributed by atoms with Crippen LogP contribution in [-0.2, 0) is 4.79 Å². The Morgan fingerprint density at radius 1 is 2.00 bits per heavy atom. The third kappa shape index (κ3) is 2.36. The first kappa shape index (κ1) is 6.65. The predicted octanol–water partition coefficient (Wildman–Crippen LogP) is -1.82. The van der Waals surface area contributed by atoms with Gasteiger partial charge in [0, 0.05) is 10.2 Å². The van der Waals surface area contributed by atoms with Crippen molar-refractivity contribution in [3.8, 4) is 0 Å². The van der Waals surface area contributed by atoms with E-state index in [1.54, 1.807) is 0 Å². The van der Waals surface area contributed by atoms with Crippen molar-refractivity contribution < 1.29 is 9.90 Å². The molecule has 0 radical (unpaired) electrons. The van der Waals surface area contributed by atoms with Gasteiger partial charge in [-0.05, 0) is 6.04 Å². The second-order valence-electron chi connectivity index (χ2n) is 1.35. The standard InChI is InChI=1S/C3H9NO2Si/c4-2(1-7)3(5)6/h2H,1,4H2,7H3,(H,5,6)/t2-/m0/s1. The molecule has 0 aliphatic heterocycles. The maximum atomic E-state index is 9.83. The molecule has 0 heterocycles. The molecule has 0 aromatic heterocycles. The summed E-state index contributed by atoms with van der Waals surface area (Å²) in [5.74, 6) is -0.894. The average Bonchev–Trinajstić information content (AvgIpc) is 1.65. The molecule has 7 heavy (non-hydrogen) atoms. The molecule has 0 aromatic rings. The van der Waals surface area contributed by atoms with E-state index < -0.39 is 12.0 Å². The molecule has 0 saturated carbocycles. The van der Waals surface area contributed by atoms with Crippen LogP contribution in [0.3, 0.4) is 0 Å². The summed E-state index contributed by atoms with van der Waals surface area (Å²) in [6.45, 7) is 0. The van der Waals surface area contributed by atoms with Gasteiger partial charge >= 0.3 is 5.97 Å². The lowest BCUT2D eigenvalue weighted by Crippen LogP contribution is -2.29. The normalized spacial score (nSPS) is 13.9. The van der Waals surface area contributed by atoms with Crippen molar-refractivity contribution in [1.29, 1.82) is 0 Å². The number of hydrogen-bond donors (Lipinski definition) is 2. The van der Waals surface area contributed by atoms with Crippen LogP contribution in [0.15, 0.2) is 0 Å². The van der Waals surface area contributed by atoms with Gasteiger partial charge < -0.3 is 10.8 Å². The quantitative estimate of drug-likeness (QED) is 0.421. The van der Waals surface area contributed by atoms with Crippen molar-refractivity contribution in [3.63, 3.8) is 0 Å². The molecule has 0 fully saturated rings. The first-order chi connectivity index (χ1) is 3.18. The summed E-state index contributed by atoms with van der Waals surface area (Å²) in [5.41, 5.74) is 5.05. The summed E-state index contributed by atoms with van der Waals surface area (Å²) in [6, 6.07) is 0.0154. The van der Waals surface area contributed by atoms with Crippen LogP contribution >= 0.6 is 0 Å². The molecule has 1 atom stereocenters. The van der Waals surface area contributed by atoms with E-state index in [9.17, 15) is 4.79 Å². The Kier molecular flexibility index (Phi) is 2.62. The van der Waals surface area contributed by atoms with Crippen LogP contribution in [0.4, 0.5) is 0 Å². The molecule has 0 saturated heterocycles. The van der Waals surface area contributed by atoms with Crippen molar-refractivity contribution in [2.45, 2.75) is 12.1 Å². The van der Waals surface area contributed by atoms with Gasteiger partial charge in [0.1, 0.15) is 0 Å². The summed E-state index contributed by atoms with van der Waals surface area (Å²) < 4.78 is 0. The van der Waals surface area contributed by atoms with Gasteiger partial charge in [-0.2, -0.15) is 0 Å². The zero-order valence-corrected chi connectivity index (χ0v) is 6.22. The number of nitrogens with two attached hydrogens (primary N) is 1. The zero-order valence-electron chi connectivity index (χ0n) is 4.22. The molecule has 0 aliphatic carbocycles. The van der Waals surface area contributed by atoms with Gasteiger partial charge in [-0.1, -0.05) is 0 Å². The summed E-state index contributed by atoms with van der Waals surface area (Å²) in [5, 5.41) is 8.08. The minimum Gasteiger partial charge on any atom is -0.480 e. The minimum absolute atomic E-state index is 0.619. The van der Waals surface area contributed by atoms with Crippen LogP contribution in [-0.4, -0.2) is 27.4 Å². The average molecular weight is 119 g/mol. The fourth-order valence-corrected chi connectivity index (χ4v) is 0.524. The Labute approximate surface area is 44.9 Å². The number of hydrogen-bond acceptors (Lipinski definition) is 2. The van der Waals surface area contributed by atoms with Crippen molar-refractivity contribution in [1.82, 2.24) is 0 Å². The number of rotatable bonds is 2. The van der Waals surface area contributed by atoms with Crippen molar-refractivity contribution >= 4 is 16.2 Å². The van der Waals surface area contributed by atoms with E-state index in [-0.39, 0.29) is 0 Å². The van der Waals surface area contributed by atoms with E-state index in [1.165, 1.54) is 0 Å². The van der Waals surface area contributed by atoms with Gasteiger partial charge in [-0.15, -0.1) is 0 Å². The summed E-state index contributed by atoms with van der Waals surface area (Å²) in [6.07, 6.45) is 0. The molecular formula is C3H9NO2Si. The lowest BCUT2D eigenvalue weighted by molar-refractivity contribution is -0.138. The van der Waals surface area contributed by atoms with Gasteiger partial charge in [-0.3, -0.25) is 4.79 Å². The Morgan fingerprint density at radius 2 is 2.43 bits per heavy atom. The molecular weight excluding hydrogens is 110 g/mol. The lowest BCUT2D eigenvalue weighted by Gasteiger charge is -1.97. The summed E-state index contributed by atoms with van der Waals surface area (Å²) in [4.78, 5) is 9.83. The van der Waals surface area contributed by atoms with Crippen molar-refractivity contribution in [2.75, 3.05) is 0 Å². The first-order valence-corrected chi connectivity index (χ1v) is 3.58. The Bertz CT molecular complexity index is 75.3. The molecule has 4 heteroatoms. The molecule has 0 aliphatic rings. The highest BCUT2D eigenvalue weighted by atomic mass is 28.1. The Hall–Kier alpha value is -0.353. The molecule has 42 valence electrons. The van der Waals surface area contributed by atoms with Crippen LogP contribution in [0.2, 0.25) is 6.04 Å². The maximum absolute atomic E-state index is 9.83. The molecule has 3 N–H and O–H groups in total. The summed E-state index contributed by atoms with van der Waals surface area (Å²) >= 11 is 0. The van der Waals surface area contributed by atoms with E-state index >= 15 is 0 Å². The smallest absolute Gasteiger partial charge is 0.320 e. The highest BCUT2D eigenvalue weighted by Gasteiger charge is 2.05. The SMILES string of the molecule is N[C@@H](C[SiH3])C(=O)O. The van der Waals surface area contributed by atoms with Crippen LogP contribution in [0.25, 0.3) is 0 Å². The second-order valence-corrected chi connectivity index (χ2v) is 2.17. The molecule has 0 aromatic carbocycles. The second kappa shape index (κ2) is 2.76. The van der Waals surface area contributed by atoms with E-state index in [2.05, 4.69) is 0 Å². The number of carboxylic acid groups (broad SMARTS) is 1. The fourth-order valence-electron chi connectivity index (χ4n) is 0.175. The predicted molar refractivity (Wildman–Crippen MR) is 30.4 cm³/mol. The third-order valence-electron chi connectivity index (χ3n) is 0.757. The molecule has 0 unspecified atom stereocenters. The van der Waals surface area contributed by atoms with Gasteiger partial charge in [-0.25, -0.2) is 0 Å². The van der Waals surface area contributed by atoms with Gasteiger partial charge in [0.25, 0.3) is 0 Å². The van der Waals surface area contributed by atoms with Gasteiger partial charge in [0.2, 0.25) is 0 Å². The highest BCUT2D eigenvalue weighted by molar-refractivity contribution is 6.10. The maximum Gasteiger partial charge on any atom is 0.320 e. The van der Waals surface area contributed by atoms with Gasteiger partial charge in [0.15, 0.2) is 0 Å². The van der Waals surface area contributed by atoms with Crippen LogP contribution in [0, 0.1) is 0 Å². The van der Waals surface area contributed by atoms with E-state index in [0.29, 0.717) is 6.04 Å². The van der Waals surface area contributed by atoms with Crippen LogP contribution in [0.5, 0.6) is 0 Å². The van der Waals surface area contributed by atoms with E-state index in [1.807, 2.05) is 0 Å². The highest BCUT2D eigenvalue weighted by Crippen LogP contribution is 1.80. The van der Waals surface area contributed by atoms with Crippen LogP contribution in [0.1, 0.15) is 0 Å². The molecule has 0 spiro atoms. The fraction of sp³-hybridized carbons (Fsp3) is 0.667. The molecule has 3 nitrogen and oxygen atoms in total. The summed E-state index contributed by atoms with van der Waals surface area (Å²) in [7, 11) is 0.865. The molecule has 0 bridgehead atoms. The third-order valence-corrected chi connectivity index (χ3v) is 1.64. The largest absolute Gasteiger partial charge is 0.480 e. The topological polar surface area (TPSA) is 63.3 Å². The lowest BCUT2D eigenvalue weighted by atomic mass is 10.4. The Morgan fingerprint density at radius 3 is 2.43 bits per heavy atom. The zero-order chi connectivity index (χ0) is 5.86.